The quantitative estimate of drug-likeness (QED) is 0.773. The van der Waals surface area contributed by atoms with E-state index in [1.807, 2.05) is 6.07 Å². The number of hydrogen-bond donors (Lipinski definition) is 1. The molecule has 0 unspecified atom stereocenters. The molecule has 0 saturated heterocycles. The van der Waals surface area contributed by atoms with Crippen LogP contribution in [0.25, 0.3) is 11.3 Å². The lowest BCUT2D eigenvalue weighted by atomic mass is 10.1. The molecular weight excluding hydrogens is 329 g/mol. The number of pyridine rings is 2. The number of hydrogen-bond acceptors (Lipinski definition) is 4. The lowest BCUT2D eigenvalue weighted by Gasteiger charge is -2.08. The first kappa shape index (κ1) is 16.2. The molecule has 0 aliphatic heterocycles. The molecule has 7 heteroatoms. The van der Waals surface area contributed by atoms with Crippen LogP contribution in [0.5, 0.6) is 0 Å². The van der Waals surface area contributed by atoms with Crippen molar-refractivity contribution in [3.05, 3.63) is 78.5 Å². The molecule has 3 aromatic rings. The Kier molecular flexibility index (Phi) is 4.64. The highest BCUT2D eigenvalue weighted by atomic mass is 32.2. The number of sulfonamides is 1. The third-order valence-electron chi connectivity index (χ3n) is 3.37. The van der Waals surface area contributed by atoms with E-state index in [1.165, 1.54) is 18.2 Å². The first-order chi connectivity index (χ1) is 11.6. The Morgan fingerprint density at radius 3 is 2.62 bits per heavy atom. The highest BCUT2D eigenvalue weighted by Crippen LogP contribution is 2.17. The number of benzene rings is 1. The third kappa shape index (κ3) is 3.64. The summed E-state index contributed by atoms with van der Waals surface area (Å²) in [6, 6.07) is 12.4. The summed E-state index contributed by atoms with van der Waals surface area (Å²) in [6.07, 6.45) is 4.93. The van der Waals surface area contributed by atoms with Gasteiger partial charge in [0.15, 0.2) is 0 Å². The first-order valence-electron chi connectivity index (χ1n) is 7.16. The van der Waals surface area contributed by atoms with Crippen molar-refractivity contribution in [1.82, 2.24) is 14.7 Å². The minimum absolute atomic E-state index is 0.0342. The SMILES string of the molecule is O=S(=O)(NCc1ccnc(-c2cccnc2)c1)c1ccccc1F. The Labute approximate surface area is 139 Å². The van der Waals surface area contributed by atoms with Crippen LogP contribution in [0.1, 0.15) is 5.56 Å². The molecule has 0 atom stereocenters. The van der Waals surface area contributed by atoms with Gasteiger partial charge in [0.1, 0.15) is 10.7 Å². The maximum absolute atomic E-state index is 13.7. The summed E-state index contributed by atoms with van der Waals surface area (Å²) in [4.78, 5) is 7.91. The summed E-state index contributed by atoms with van der Waals surface area (Å²) < 4.78 is 40.5. The fourth-order valence-corrected chi connectivity index (χ4v) is 3.27. The Bertz CT molecular complexity index is 947. The predicted octanol–water partition coefficient (Wildman–Crippen LogP) is 2.76. The van der Waals surface area contributed by atoms with Crippen molar-refractivity contribution >= 4 is 10.0 Å². The van der Waals surface area contributed by atoms with Crippen molar-refractivity contribution < 1.29 is 12.8 Å². The molecule has 0 aliphatic carbocycles. The molecule has 1 N–H and O–H groups in total. The monoisotopic (exact) mass is 343 g/mol. The van der Waals surface area contributed by atoms with Gasteiger partial charge in [-0.2, -0.15) is 0 Å². The lowest BCUT2D eigenvalue weighted by molar-refractivity contribution is 0.557. The summed E-state index contributed by atoms with van der Waals surface area (Å²) in [5.41, 5.74) is 2.23. The van der Waals surface area contributed by atoms with Crippen molar-refractivity contribution in [1.29, 1.82) is 0 Å². The van der Waals surface area contributed by atoms with Crippen LogP contribution >= 0.6 is 0 Å². The van der Waals surface area contributed by atoms with Crippen LogP contribution < -0.4 is 4.72 Å². The number of aromatic nitrogens is 2. The van der Waals surface area contributed by atoms with E-state index in [4.69, 9.17) is 0 Å². The second-order valence-corrected chi connectivity index (χ2v) is 6.78. The summed E-state index contributed by atoms with van der Waals surface area (Å²) in [5, 5.41) is 0. The van der Waals surface area contributed by atoms with E-state index in [0.29, 0.717) is 11.3 Å². The van der Waals surface area contributed by atoms with Gasteiger partial charge in [0.25, 0.3) is 0 Å². The summed E-state index contributed by atoms with van der Waals surface area (Å²) >= 11 is 0. The minimum Gasteiger partial charge on any atom is -0.264 e. The van der Waals surface area contributed by atoms with Crippen molar-refractivity contribution in [2.24, 2.45) is 0 Å². The van der Waals surface area contributed by atoms with Gasteiger partial charge in [-0.1, -0.05) is 12.1 Å². The average Bonchev–Trinajstić information content (AvgIpc) is 2.61. The Balaban J connectivity index is 1.79. The molecule has 2 heterocycles. The second-order valence-electron chi connectivity index (χ2n) is 5.05. The summed E-state index contributed by atoms with van der Waals surface area (Å²) in [6.45, 7) is 0.0342. The van der Waals surface area contributed by atoms with E-state index < -0.39 is 15.8 Å². The second kappa shape index (κ2) is 6.86. The van der Waals surface area contributed by atoms with Crippen LogP contribution in [0.15, 0.2) is 72.0 Å². The van der Waals surface area contributed by atoms with Crippen LogP contribution in [0.2, 0.25) is 0 Å². The van der Waals surface area contributed by atoms with Crippen molar-refractivity contribution in [3.63, 3.8) is 0 Å². The Morgan fingerprint density at radius 2 is 1.88 bits per heavy atom. The fourth-order valence-electron chi connectivity index (χ4n) is 2.18. The zero-order chi connectivity index (χ0) is 17.0. The zero-order valence-corrected chi connectivity index (χ0v) is 13.4. The first-order valence-corrected chi connectivity index (χ1v) is 8.64. The van der Waals surface area contributed by atoms with Gasteiger partial charge in [0.05, 0.1) is 5.69 Å². The molecule has 5 nitrogen and oxygen atoms in total. The van der Waals surface area contributed by atoms with Gasteiger partial charge >= 0.3 is 0 Å². The standard InChI is InChI=1S/C17H14FN3O2S/c18-15-5-1-2-6-17(15)24(22,23)21-11-13-7-9-20-16(10-13)14-4-3-8-19-12-14/h1-10,12,21H,11H2. The van der Waals surface area contributed by atoms with Crippen molar-refractivity contribution in [2.75, 3.05) is 0 Å². The third-order valence-corrected chi connectivity index (χ3v) is 4.81. The topological polar surface area (TPSA) is 72.0 Å². The van der Waals surface area contributed by atoms with Crippen LogP contribution in [-0.4, -0.2) is 18.4 Å². The molecule has 0 spiro atoms. The van der Waals surface area contributed by atoms with Gasteiger partial charge in [-0.25, -0.2) is 17.5 Å². The molecule has 0 radical (unpaired) electrons. The van der Waals surface area contributed by atoms with E-state index in [-0.39, 0.29) is 11.4 Å². The number of nitrogens with zero attached hydrogens (tertiary/aromatic N) is 2. The van der Waals surface area contributed by atoms with Crippen molar-refractivity contribution in [2.45, 2.75) is 11.4 Å². The Hall–Kier alpha value is -2.64. The highest BCUT2D eigenvalue weighted by molar-refractivity contribution is 7.89. The molecular formula is C17H14FN3O2S. The summed E-state index contributed by atoms with van der Waals surface area (Å²) in [5.74, 6) is -0.782. The largest absolute Gasteiger partial charge is 0.264 e. The zero-order valence-electron chi connectivity index (χ0n) is 12.6. The maximum Gasteiger partial charge on any atom is 0.243 e. The fraction of sp³-hybridized carbons (Fsp3) is 0.0588. The van der Waals surface area contributed by atoms with Crippen LogP contribution in [-0.2, 0) is 16.6 Å². The molecule has 0 bridgehead atoms. The molecule has 24 heavy (non-hydrogen) atoms. The maximum atomic E-state index is 13.7. The van der Waals surface area contributed by atoms with Crippen LogP contribution in [0.4, 0.5) is 4.39 Å². The molecule has 0 aliphatic rings. The number of halogens is 1. The smallest absolute Gasteiger partial charge is 0.243 e. The van der Waals surface area contributed by atoms with E-state index in [9.17, 15) is 12.8 Å². The molecule has 122 valence electrons. The van der Waals surface area contributed by atoms with Gasteiger partial charge in [0, 0.05) is 30.7 Å². The molecule has 0 fully saturated rings. The minimum atomic E-state index is -3.92. The van der Waals surface area contributed by atoms with Gasteiger partial charge in [0.2, 0.25) is 10.0 Å². The number of nitrogens with one attached hydrogen (secondary N) is 1. The van der Waals surface area contributed by atoms with E-state index in [0.717, 1.165) is 11.6 Å². The van der Waals surface area contributed by atoms with E-state index in [2.05, 4.69) is 14.7 Å². The van der Waals surface area contributed by atoms with Crippen LogP contribution in [0.3, 0.4) is 0 Å². The molecule has 0 amide bonds. The predicted molar refractivity (Wildman–Crippen MR) is 87.9 cm³/mol. The van der Waals surface area contributed by atoms with Gasteiger partial charge in [-0.15, -0.1) is 0 Å². The average molecular weight is 343 g/mol. The number of rotatable bonds is 5. The molecule has 1 aromatic carbocycles. The van der Waals surface area contributed by atoms with Gasteiger partial charge in [-0.3, -0.25) is 9.97 Å². The van der Waals surface area contributed by atoms with E-state index in [1.54, 1.807) is 36.8 Å². The highest BCUT2D eigenvalue weighted by Gasteiger charge is 2.18. The molecule has 3 rings (SSSR count). The molecule has 0 saturated carbocycles. The normalized spacial score (nSPS) is 11.4. The Morgan fingerprint density at radius 1 is 1.04 bits per heavy atom. The van der Waals surface area contributed by atoms with Gasteiger partial charge in [-0.05, 0) is 42.0 Å². The summed E-state index contributed by atoms with van der Waals surface area (Å²) in [7, 11) is -3.92. The van der Waals surface area contributed by atoms with Gasteiger partial charge < -0.3 is 0 Å². The van der Waals surface area contributed by atoms with E-state index >= 15 is 0 Å². The lowest BCUT2D eigenvalue weighted by Crippen LogP contribution is -2.24. The van der Waals surface area contributed by atoms with Crippen molar-refractivity contribution in [3.8, 4) is 11.3 Å². The van der Waals surface area contributed by atoms with Crippen LogP contribution in [0, 0.1) is 5.82 Å². The molecule has 2 aromatic heterocycles.